The number of amides is 2. The fraction of sp³-hybridized carbons (Fsp3) is 0.382. The van der Waals surface area contributed by atoms with Crippen LogP contribution in [-0.4, -0.2) is 58.5 Å². The Kier molecular flexibility index (Phi) is 11.2. The van der Waals surface area contributed by atoms with E-state index in [9.17, 15) is 23.7 Å². The quantitative estimate of drug-likeness (QED) is 0.200. The van der Waals surface area contributed by atoms with E-state index in [1.54, 1.807) is 0 Å². The van der Waals surface area contributed by atoms with E-state index in [4.69, 9.17) is 14.3 Å². The van der Waals surface area contributed by atoms with Gasteiger partial charge in [0, 0.05) is 40.4 Å². The molecule has 45 heavy (non-hydrogen) atoms. The van der Waals surface area contributed by atoms with E-state index >= 15 is 0 Å². The van der Waals surface area contributed by atoms with Crippen LogP contribution in [0.25, 0.3) is 11.1 Å². The van der Waals surface area contributed by atoms with Gasteiger partial charge in [-0.1, -0.05) is 42.5 Å². The van der Waals surface area contributed by atoms with E-state index in [1.165, 1.54) is 11.8 Å². The number of anilines is 1. The van der Waals surface area contributed by atoms with Crippen molar-refractivity contribution in [1.29, 1.82) is 4.78 Å². The summed E-state index contributed by atoms with van der Waals surface area (Å²) in [5.41, 5.74) is 6.90. The molecule has 1 aliphatic rings. The minimum atomic E-state index is -2.89. The highest BCUT2D eigenvalue weighted by atomic mass is 32.2. The Morgan fingerprint density at radius 2 is 1.84 bits per heavy atom. The van der Waals surface area contributed by atoms with Gasteiger partial charge in [0.25, 0.3) is 0 Å². The fourth-order valence-electron chi connectivity index (χ4n) is 5.34. The van der Waals surface area contributed by atoms with Crippen molar-refractivity contribution in [2.75, 3.05) is 30.1 Å². The standard InChI is InChI=1S/C34H41N3O7S/c1-23-9-4-15-31(24(23)2)43-19-8-16-32(38)37-18-7-13-28-27(12-6-14-30(28)37)26-11-5-10-25(21-26)22-44-34(41)36-29(33(39)40)17-20-45(3,35)42/h4-6,9-12,14-15,21,29,35H,7-8,13,16-20,22H2,1-3H3,(H,36,41)(H,39,40)/t29-,45?/m0/s1. The van der Waals surface area contributed by atoms with Crippen molar-refractivity contribution in [2.24, 2.45) is 0 Å². The van der Waals surface area contributed by atoms with Gasteiger partial charge >= 0.3 is 12.1 Å². The first-order valence-corrected chi connectivity index (χ1v) is 17.1. The molecule has 1 unspecified atom stereocenters. The molecule has 0 bridgehead atoms. The average Bonchev–Trinajstić information content (AvgIpc) is 3.01. The molecule has 11 heteroatoms. The van der Waals surface area contributed by atoms with Gasteiger partial charge in [0.1, 0.15) is 18.4 Å². The predicted octanol–water partition coefficient (Wildman–Crippen LogP) is 5.85. The van der Waals surface area contributed by atoms with Crippen LogP contribution in [0, 0.1) is 18.6 Å². The highest BCUT2D eigenvalue weighted by Crippen LogP contribution is 2.36. The summed E-state index contributed by atoms with van der Waals surface area (Å²) in [5, 5.41) is 11.7. The van der Waals surface area contributed by atoms with Crippen molar-refractivity contribution in [3.8, 4) is 16.9 Å². The first-order chi connectivity index (χ1) is 21.4. The molecule has 0 saturated heterocycles. The summed E-state index contributed by atoms with van der Waals surface area (Å²) in [7, 11) is -2.89. The lowest BCUT2D eigenvalue weighted by molar-refractivity contribution is -0.139. The smallest absolute Gasteiger partial charge is 0.408 e. The topological polar surface area (TPSA) is 146 Å². The third kappa shape index (κ3) is 9.31. The number of ether oxygens (including phenoxy) is 2. The van der Waals surface area contributed by atoms with Crippen LogP contribution in [0.1, 0.15) is 47.9 Å². The van der Waals surface area contributed by atoms with E-state index in [1.807, 2.05) is 79.4 Å². The number of hydrogen-bond acceptors (Lipinski definition) is 7. The summed E-state index contributed by atoms with van der Waals surface area (Å²) >= 11 is 0. The second kappa shape index (κ2) is 15.1. The normalized spacial score (nSPS) is 14.5. The monoisotopic (exact) mass is 635 g/mol. The molecule has 1 aliphatic heterocycles. The van der Waals surface area contributed by atoms with Gasteiger partial charge < -0.3 is 24.8 Å². The summed E-state index contributed by atoms with van der Waals surface area (Å²) in [6.07, 6.45) is 2.84. The molecule has 0 radical (unpaired) electrons. The lowest BCUT2D eigenvalue weighted by atomic mass is 9.91. The van der Waals surface area contributed by atoms with E-state index in [-0.39, 0.29) is 24.7 Å². The number of nitrogens with zero attached hydrogens (tertiary/aromatic N) is 1. The Labute approximate surface area is 264 Å². The van der Waals surface area contributed by atoms with Crippen molar-refractivity contribution in [3.63, 3.8) is 0 Å². The maximum Gasteiger partial charge on any atom is 0.408 e. The van der Waals surface area contributed by atoms with Gasteiger partial charge in [-0.15, -0.1) is 0 Å². The molecule has 0 spiro atoms. The van der Waals surface area contributed by atoms with Crippen molar-refractivity contribution in [1.82, 2.24) is 5.32 Å². The first-order valence-electron chi connectivity index (χ1n) is 15.0. The molecule has 4 rings (SSSR count). The first kappa shape index (κ1) is 33.5. The largest absolute Gasteiger partial charge is 0.493 e. The zero-order valence-corrected chi connectivity index (χ0v) is 26.8. The van der Waals surface area contributed by atoms with Crippen molar-refractivity contribution in [2.45, 2.75) is 58.6 Å². The lowest BCUT2D eigenvalue weighted by Gasteiger charge is -2.31. The van der Waals surface area contributed by atoms with Gasteiger partial charge in [-0.2, -0.15) is 0 Å². The fourth-order valence-corrected chi connectivity index (χ4v) is 6.02. The van der Waals surface area contributed by atoms with Crippen LogP contribution < -0.4 is 15.0 Å². The van der Waals surface area contributed by atoms with Crippen molar-refractivity contribution < 1.29 is 33.2 Å². The molecule has 2 atom stereocenters. The minimum absolute atomic E-state index is 0.0644. The second-order valence-electron chi connectivity index (χ2n) is 11.4. The highest BCUT2D eigenvalue weighted by molar-refractivity contribution is 7.91. The third-order valence-electron chi connectivity index (χ3n) is 7.89. The van der Waals surface area contributed by atoms with E-state index in [2.05, 4.69) is 5.32 Å². The van der Waals surface area contributed by atoms with Gasteiger partial charge in [0.15, 0.2) is 0 Å². The number of rotatable bonds is 13. The number of carbonyl (C=O) groups excluding carboxylic acids is 2. The second-order valence-corrected chi connectivity index (χ2v) is 13.8. The molecule has 3 N–H and O–H groups in total. The van der Waals surface area contributed by atoms with Gasteiger partial charge in [-0.25, -0.2) is 9.59 Å². The maximum atomic E-state index is 13.3. The van der Waals surface area contributed by atoms with E-state index < -0.39 is 27.8 Å². The van der Waals surface area contributed by atoms with Crippen LogP contribution in [0.3, 0.4) is 0 Å². The van der Waals surface area contributed by atoms with Crippen molar-refractivity contribution in [3.05, 3.63) is 82.9 Å². The number of aliphatic carboxylic acids is 1. The summed E-state index contributed by atoms with van der Waals surface area (Å²) in [5.74, 6) is -0.528. The van der Waals surface area contributed by atoms with Crippen LogP contribution in [-0.2, 0) is 37.1 Å². The number of hydrogen-bond donors (Lipinski definition) is 3. The highest BCUT2D eigenvalue weighted by Gasteiger charge is 2.25. The van der Waals surface area contributed by atoms with Gasteiger partial charge in [-0.05, 0) is 91.1 Å². The molecule has 3 aromatic rings. The summed E-state index contributed by atoms with van der Waals surface area (Å²) < 4.78 is 30.3. The van der Waals surface area contributed by atoms with Crippen molar-refractivity contribution >= 4 is 33.4 Å². The molecule has 10 nitrogen and oxygen atoms in total. The maximum absolute atomic E-state index is 13.3. The minimum Gasteiger partial charge on any atom is -0.493 e. The molecular formula is C34H41N3O7S. The summed E-state index contributed by atoms with van der Waals surface area (Å²) in [4.78, 5) is 39.0. The molecule has 240 valence electrons. The zero-order valence-electron chi connectivity index (χ0n) is 26.0. The number of fused-ring (bicyclic) bond motifs is 1. The predicted molar refractivity (Wildman–Crippen MR) is 174 cm³/mol. The number of carboxylic acids is 1. The van der Waals surface area contributed by atoms with Gasteiger partial charge in [0.2, 0.25) is 5.91 Å². The van der Waals surface area contributed by atoms with E-state index in [0.29, 0.717) is 31.6 Å². The molecule has 0 fully saturated rings. The number of nitrogens with one attached hydrogen (secondary N) is 2. The molecule has 3 aromatic carbocycles. The van der Waals surface area contributed by atoms with E-state index in [0.717, 1.165) is 46.5 Å². The average molecular weight is 636 g/mol. The lowest BCUT2D eigenvalue weighted by Crippen LogP contribution is -2.42. The number of carboxylic acid groups (broad SMARTS) is 1. The van der Waals surface area contributed by atoms with Gasteiger partial charge in [-0.3, -0.25) is 13.8 Å². The Morgan fingerprint density at radius 1 is 1.09 bits per heavy atom. The van der Waals surface area contributed by atoms with Crippen LogP contribution >= 0.6 is 0 Å². The zero-order chi connectivity index (χ0) is 32.6. The van der Waals surface area contributed by atoms with Crippen LogP contribution in [0.15, 0.2) is 60.7 Å². The Bertz CT molecular complexity index is 1660. The van der Waals surface area contributed by atoms with Crippen LogP contribution in [0.2, 0.25) is 0 Å². The Morgan fingerprint density at radius 3 is 2.60 bits per heavy atom. The summed E-state index contributed by atoms with van der Waals surface area (Å²) in [6.45, 7) is 5.12. The van der Waals surface area contributed by atoms with Crippen LogP contribution in [0.5, 0.6) is 5.75 Å². The Hall–Kier alpha value is -4.38. The Balaban J connectivity index is 1.38. The molecular weight excluding hydrogens is 594 g/mol. The molecule has 0 saturated carbocycles. The molecule has 2 amide bonds. The van der Waals surface area contributed by atoms with Gasteiger partial charge in [0.05, 0.1) is 6.61 Å². The van der Waals surface area contributed by atoms with Crippen LogP contribution in [0.4, 0.5) is 10.5 Å². The molecule has 0 aromatic heterocycles. The SMILES string of the molecule is Cc1cccc(OCCCC(=O)N2CCCc3c(-c4cccc(COC(=O)N[C@@H](CCS(C)(=N)=O)C(=O)O)c4)cccc32)c1C. The molecule has 0 aliphatic carbocycles. The number of benzene rings is 3. The number of alkyl carbamates (subject to hydrolysis) is 1. The number of aryl methyl sites for hydroxylation is 1. The summed E-state index contributed by atoms with van der Waals surface area (Å²) in [6, 6.07) is 18.2. The number of carbonyl (C=O) groups is 3. The molecule has 1 heterocycles. The third-order valence-corrected chi connectivity index (χ3v) is 8.91.